The molecule has 0 aliphatic carbocycles. The van der Waals surface area contributed by atoms with Gasteiger partial charge in [-0.25, -0.2) is 9.59 Å². The molecule has 3 rings (SSSR count). The molecule has 138 valence electrons. The normalized spacial score (nSPS) is 10.3. The first-order chi connectivity index (χ1) is 13.4. The van der Waals surface area contributed by atoms with Crippen LogP contribution in [-0.2, 0) is 0 Å². The van der Waals surface area contributed by atoms with Crippen LogP contribution < -0.4 is 0 Å². The SMILES string of the molecule is O=C(O)c1ccc(C(=O)c2cccc(C(=O)c3ccc(C(=O)O)cc3)c2)cc1. The van der Waals surface area contributed by atoms with Crippen LogP contribution in [0.4, 0.5) is 0 Å². The summed E-state index contributed by atoms with van der Waals surface area (Å²) in [5, 5.41) is 17.9. The monoisotopic (exact) mass is 374 g/mol. The minimum absolute atomic E-state index is 0.0743. The molecule has 0 aliphatic rings. The Morgan fingerprint density at radius 2 is 0.786 bits per heavy atom. The highest BCUT2D eigenvalue weighted by molar-refractivity contribution is 6.13. The van der Waals surface area contributed by atoms with Crippen LogP contribution in [0.5, 0.6) is 0 Å². The van der Waals surface area contributed by atoms with Gasteiger partial charge in [-0.1, -0.05) is 42.5 Å². The second-order valence-corrected chi connectivity index (χ2v) is 6.00. The average molecular weight is 374 g/mol. The third-order valence-electron chi connectivity index (χ3n) is 4.18. The van der Waals surface area contributed by atoms with Crippen molar-refractivity contribution in [3.05, 3.63) is 106 Å². The molecule has 0 spiro atoms. The van der Waals surface area contributed by atoms with E-state index in [1.807, 2.05) is 0 Å². The van der Waals surface area contributed by atoms with Crippen molar-refractivity contribution >= 4 is 23.5 Å². The maximum atomic E-state index is 12.6. The summed E-state index contributed by atoms with van der Waals surface area (Å²) in [5.74, 6) is -2.85. The summed E-state index contributed by atoms with van der Waals surface area (Å²) in [6.07, 6.45) is 0. The van der Waals surface area contributed by atoms with Crippen molar-refractivity contribution in [2.24, 2.45) is 0 Å². The summed E-state index contributed by atoms with van der Waals surface area (Å²) in [4.78, 5) is 47.1. The van der Waals surface area contributed by atoms with Gasteiger partial charge in [0.1, 0.15) is 0 Å². The Labute approximate surface area is 159 Å². The molecule has 2 N–H and O–H groups in total. The highest BCUT2D eigenvalue weighted by Crippen LogP contribution is 2.16. The number of hydrogen-bond donors (Lipinski definition) is 2. The molecule has 0 saturated heterocycles. The third-order valence-corrected chi connectivity index (χ3v) is 4.18. The van der Waals surface area contributed by atoms with E-state index in [9.17, 15) is 19.2 Å². The predicted octanol–water partition coefficient (Wildman–Crippen LogP) is 3.55. The van der Waals surface area contributed by atoms with Crippen molar-refractivity contribution in [1.82, 2.24) is 0 Å². The standard InChI is InChI=1S/C22H14O6/c23-19(13-4-8-15(9-5-13)21(25)26)17-2-1-3-18(12-17)20(24)14-6-10-16(11-7-14)22(27)28/h1-12H,(H,25,26)(H,27,28). The van der Waals surface area contributed by atoms with Crippen LogP contribution in [0.2, 0.25) is 0 Å². The molecule has 3 aromatic rings. The number of rotatable bonds is 6. The Hall–Kier alpha value is -4.06. The first-order valence-electron chi connectivity index (χ1n) is 8.23. The molecule has 0 radical (unpaired) electrons. The molecule has 0 heterocycles. The molecular formula is C22H14O6. The number of ketones is 2. The lowest BCUT2D eigenvalue weighted by molar-refractivity contribution is 0.0686. The number of carbonyl (C=O) groups excluding carboxylic acids is 2. The summed E-state index contributed by atoms with van der Waals surface area (Å²) in [7, 11) is 0. The first kappa shape index (κ1) is 18.7. The molecule has 0 saturated carbocycles. The van der Waals surface area contributed by atoms with Crippen molar-refractivity contribution in [1.29, 1.82) is 0 Å². The van der Waals surface area contributed by atoms with Crippen LogP contribution in [0.25, 0.3) is 0 Å². The molecule has 0 aromatic heterocycles. The minimum atomic E-state index is -1.08. The molecule has 6 heteroatoms. The van der Waals surface area contributed by atoms with Gasteiger partial charge in [0.05, 0.1) is 11.1 Å². The van der Waals surface area contributed by atoms with Gasteiger partial charge in [0.15, 0.2) is 11.6 Å². The quantitative estimate of drug-likeness (QED) is 0.639. The fourth-order valence-corrected chi connectivity index (χ4v) is 2.66. The number of benzene rings is 3. The molecule has 0 atom stereocenters. The van der Waals surface area contributed by atoms with Gasteiger partial charge in [-0.05, 0) is 30.3 Å². The van der Waals surface area contributed by atoms with Gasteiger partial charge in [-0.2, -0.15) is 0 Å². The highest BCUT2D eigenvalue weighted by Gasteiger charge is 2.15. The number of carboxylic acids is 2. The zero-order chi connectivity index (χ0) is 20.3. The third kappa shape index (κ3) is 3.86. The summed E-state index contributed by atoms with van der Waals surface area (Å²) >= 11 is 0. The van der Waals surface area contributed by atoms with Crippen molar-refractivity contribution in [2.45, 2.75) is 0 Å². The van der Waals surface area contributed by atoms with E-state index in [-0.39, 0.29) is 33.8 Å². The van der Waals surface area contributed by atoms with Crippen LogP contribution in [-0.4, -0.2) is 33.7 Å². The zero-order valence-electron chi connectivity index (χ0n) is 14.5. The number of carboxylic acid groups (broad SMARTS) is 2. The number of carbonyl (C=O) groups is 4. The lowest BCUT2D eigenvalue weighted by atomic mass is 9.96. The zero-order valence-corrected chi connectivity index (χ0v) is 14.5. The van der Waals surface area contributed by atoms with Gasteiger partial charge in [0.2, 0.25) is 0 Å². The lowest BCUT2D eigenvalue weighted by Crippen LogP contribution is -2.07. The van der Waals surface area contributed by atoms with Crippen LogP contribution in [0.15, 0.2) is 72.8 Å². The molecule has 0 aliphatic heterocycles. The largest absolute Gasteiger partial charge is 0.478 e. The Balaban J connectivity index is 1.86. The van der Waals surface area contributed by atoms with Crippen LogP contribution in [0, 0.1) is 0 Å². The smallest absolute Gasteiger partial charge is 0.335 e. The molecule has 0 unspecified atom stereocenters. The van der Waals surface area contributed by atoms with Crippen LogP contribution >= 0.6 is 0 Å². The van der Waals surface area contributed by atoms with Crippen LogP contribution in [0.1, 0.15) is 52.6 Å². The molecule has 3 aromatic carbocycles. The van der Waals surface area contributed by atoms with E-state index in [2.05, 4.69) is 0 Å². The molecular weight excluding hydrogens is 360 g/mol. The Kier molecular flexibility index (Phi) is 5.13. The van der Waals surface area contributed by atoms with Gasteiger partial charge < -0.3 is 10.2 Å². The van der Waals surface area contributed by atoms with Crippen molar-refractivity contribution < 1.29 is 29.4 Å². The van der Waals surface area contributed by atoms with E-state index in [0.717, 1.165) is 0 Å². The van der Waals surface area contributed by atoms with E-state index in [4.69, 9.17) is 10.2 Å². The molecule has 0 fully saturated rings. The maximum absolute atomic E-state index is 12.6. The summed E-state index contributed by atoms with van der Waals surface area (Å²) in [5.41, 5.74) is 1.34. The summed E-state index contributed by atoms with van der Waals surface area (Å²) in [6.45, 7) is 0. The second-order valence-electron chi connectivity index (χ2n) is 6.00. The molecule has 0 bridgehead atoms. The van der Waals surface area contributed by atoms with Crippen molar-refractivity contribution in [2.75, 3.05) is 0 Å². The topological polar surface area (TPSA) is 109 Å². The first-order valence-corrected chi connectivity index (χ1v) is 8.23. The van der Waals surface area contributed by atoms with Crippen LogP contribution in [0.3, 0.4) is 0 Å². The Morgan fingerprint density at radius 3 is 1.11 bits per heavy atom. The highest BCUT2D eigenvalue weighted by atomic mass is 16.4. The minimum Gasteiger partial charge on any atom is -0.478 e. The number of hydrogen-bond acceptors (Lipinski definition) is 4. The van der Waals surface area contributed by atoms with Crippen molar-refractivity contribution in [3.63, 3.8) is 0 Å². The maximum Gasteiger partial charge on any atom is 0.335 e. The van der Waals surface area contributed by atoms with E-state index in [1.54, 1.807) is 18.2 Å². The Morgan fingerprint density at radius 1 is 0.464 bits per heavy atom. The molecule has 28 heavy (non-hydrogen) atoms. The Bertz CT molecular complexity index is 994. The van der Waals surface area contributed by atoms with E-state index in [0.29, 0.717) is 11.1 Å². The van der Waals surface area contributed by atoms with E-state index >= 15 is 0 Å². The van der Waals surface area contributed by atoms with Gasteiger partial charge >= 0.3 is 11.9 Å². The van der Waals surface area contributed by atoms with E-state index in [1.165, 1.54) is 54.6 Å². The van der Waals surface area contributed by atoms with Gasteiger partial charge in [-0.3, -0.25) is 9.59 Å². The summed E-state index contributed by atoms with van der Waals surface area (Å²) in [6, 6.07) is 17.2. The predicted molar refractivity (Wildman–Crippen MR) is 100 cm³/mol. The molecule has 6 nitrogen and oxygen atoms in total. The van der Waals surface area contributed by atoms with Gasteiger partial charge in [0, 0.05) is 22.3 Å². The fraction of sp³-hybridized carbons (Fsp3) is 0. The van der Waals surface area contributed by atoms with Gasteiger partial charge in [-0.15, -0.1) is 0 Å². The van der Waals surface area contributed by atoms with E-state index < -0.39 is 11.9 Å². The average Bonchev–Trinajstić information content (AvgIpc) is 2.73. The fourth-order valence-electron chi connectivity index (χ4n) is 2.66. The molecule has 0 amide bonds. The summed E-state index contributed by atoms with van der Waals surface area (Å²) < 4.78 is 0. The lowest BCUT2D eigenvalue weighted by Gasteiger charge is -2.06. The second kappa shape index (κ2) is 7.67. The van der Waals surface area contributed by atoms with Crippen molar-refractivity contribution in [3.8, 4) is 0 Å². The number of aromatic carboxylic acids is 2. The van der Waals surface area contributed by atoms with Gasteiger partial charge in [0.25, 0.3) is 0 Å².